The maximum atomic E-state index is 13.1. The van der Waals surface area contributed by atoms with Gasteiger partial charge in [-0.2, -0.15) is 26.3 Å². The van der Waals surface area contributed by atoms with Crippen LogP contribution in [-0.4, -0.2) is 57.6 Å². The highest BCUT2D eigenvalue weighted by atomic mass is 19.4. The fraction of sp³-hybridized carbons (Fsp3) is 0.346. The van der Waals surface area contributed by atoms with E-state index >= 15 is 0 Å². The van der Waals surface area contributed by atoms with E-state index in [1.54, 1.807) is 30.3 Å². The van der Waals surface area contributed by atoms with Gasteiger partial charge in [0.1, 0.15) is 24.0 Å². The quantitative estimate of drug-likeness (QED) is 0.386. The molecule has 0 spiro atoms. The predicted molar refractivity (Wildman–Crippen MR) is 132 cm³/mol. The zero-order chi connectivity index (χ0) is 29.1. The number of nitrogens with two attached hydrogens (primary N) is 1. The third-order valence-corrected chi connectivity index (χ3v) is 6.55. The van der Waals surface area contributed by atoms with Gasteiger partial charge in [0.2, 0.25) is 0 Å². The highest BCUT2D eigenvalue weighted by Crippen LogP contribution is 2.50. The second kappa shape index (κ2) is 11.3. The number of alkyl halides is 6. The lowest BCUT2D eigenvalue weighted by Gasteiger charge is -2.33. The van der Waals surface area contributed by atoms with Crippen LogP contribution in [0.25, 0.3) is 0 Å². The average Bonchev–Trinajstić information content (AvgIpc) is 2.90. The van der Waals surface area contributed by atoms with Crippen molar-refractivity contribution in [3.8, 4) is 5.75 Å². The summed E-state index contributed by atoms with van der Waals surface area (Å²) in [6.45, 7) is 1.48. The van der Waals surface area contributed by atoms with Gasteiger partial charge >= 0.3 is 18.4 Å². The molecule has 3 aromatic rings. The fourth-order valence-corrected chi connectivity index (χ4v) is 4.44. The molecule has 0 atom stereocenters. The van der Waals surface area contributed by atoms with Gasteiger partial charge in [0.05, 0.1) is 5.69 Å². The lowest BCUT2D eigenvalue weighted by molar-refractivity contribution is -0.376. The number of primary amides is 1. The summed E-state index contributed by atoms with van der Waals surface area (Å²) in [5, 5.41) is 9.53. The van der Waals surface area contributed by atoms with Crippen LogP contribution in [0.15, 0.2) is 67.1 Å². The first-order valence-corrected chi connectivity index (χ1v) is 12.1. The molecule has 1 fully saturated rings. The smallest absolute Gasteiger partial charge is 0.430 e. The number of hydrogen-bond acceptors (Lipinski definition) is 6. The van der Waals surface area contributed by atoms with Gasteiger partial charge in [-0.1, -0.05) is 24.3 Å². The Morgan fingerprint density at radius 2 is 1.57 bits per heavy atom. The molecule has 14 heteroatoms. The number of likely N-dealkylation sites (tertiary alicyclic amines) is 1. The standard InChI is InChI=1S/C26H25F6N5O3/c27-25(28,29)24(39,26(30,31)32)18-3-1-17(2-4-18)15-36-13-10-21(11-14-36)40-20-7-5-19(6-8-20)37(23(33)38)22-9-12-34-16-35-22/h1-9,12,16,21,39H,10-11,13-15H2,(H2,33,38). The molecule has 214 valence electrons. The summed E-state index contributed by atoms with van der Waals surface area (Å²) in [5.74, 6) is 0.890. The number of rotatable bonds is 7. The van der Waals surface area contributed by atoms with Gasteiger partial charge < -0.3 is 15.6 Å². The summed E-state index contributed by atoms with van der Waals surface area (Å²) in [7, 11) is 0. The molecule has 2 aromatic carbocycles. The molecule has 0 unspecified atom stereocenters. The summed E-state index contributed by atoms with van der Waals surface area (Å²) < 4.78 is 84.6. The Labute approximate surface area is 225 Å². The first-order valence-electron chi connectivity index (χ1n) is 12.1. The van der Waals surface area contributed by atoms with E-state index < -0.39 is 29.5 Å². The third kappa shape index (κ3) is 6.12. The average molecular weight is 570 g/mol. The van der Waals surface area contributed by atoms with Crippen molar-refractivity contribution in [2.75, 3.05) is 18.0 Å². The van der Waals surface area contributed by atoms with Gasteiger partial charge in [-0.05, 0) is 48.7 Å². The van der Waals surface area contributed by atoms with Crippen LogP contribution in [0.5, 0.6) is 5.75 Å². The van der Waals surface area contributed by atoms with Crippen LogP contribution in [0.2, 0.25) is 0 Å². The topological polar surface area (TPSA) is 105 Å². The van der Waals surface area contributed by atoms with E-state index in [9.17, 15) is 36.2 Å². The number of urea groups is 1. The van der Waals surface area contributed by atoms with Gasteiger partial charge in [0, 0.05) is 31.4 Å². The van der Waals surface area contributed by atoms with Crippen LogP contribution in [0.3, 0.4) is 0 Å². The van der Waals surface area contributed by atoms with Gasteiger partial charge in [0.25, 0.3) is 5.60 Å². The zero-order valence-electron chi connectivity index (χ0n) is 20.9. The second-order valence-electron chi connectivity index (χ2n) is 9.23. The molecular formula is C26H25F6N5O3. The molecule has 0 bridgehead atoms. The number of amides is 2. The van der Waals surface area contributed by atoms with Crippen LogP contribution in [0.1, 0.15) is 24.0 Å². The maximum absolute atomic E-state index is 13.1. The molecule has 1 saturated heterocycles. The molecule has 4 rings (SSSR count). The molecule has 2 heterocycles. The van der Waals surface area contributed by atoms with Crippen LogP contribution in [0, 0.1) is 0 Å². The summed E-state index contributed by atoms with van der Waals surface area (Å²) in [4.78, 5) is 23.0. The number of piperidine rings is 1. The predicted octanol–water partition coefficient (Wildman–Crippen LogP) is 5.05. The summed E-state index contributed by atoms with van der Waals surface area (Å²) in [6, 6.07) is 11.2. The highest BCUT2D eigenvalue weighted by molar-refractivity contribution is 5.97. The van der Waals surface area contributed by atoms with E-state index in [-0.39, 0.29) is 6.10 Å². The molecular weight excluding hydrogens is 544 g/mol. The number of carbonyl (C=O) groups is 1. The fourth-order valence-electron chi connectivity index (χ4n) is 4.44. The molecule has 8 nitrogen and oxygen atoms in total. The Kier molecular flexibility index (Phi) is 8.21. The van der Waals surface area contributed by atoms with E-state index in [2.05, 4.69) is 9.97 Å². The Bertz CT molecular complexity index is 1270. The Hall–Kier alpha value is -3.91. The van der Waals surface area contributed by atoms with E-state index in [0.717, 1.165) is 12.1 Å². The van der Waals surface area contributed by atoms with Crippen molar-refractivity contribution in [2.24, 2.45) is 5.73 Å². The normalized spacial score (nSPS) is 15.6. The number of ether oxygens (including phenoxy) is 1. The minimum atomic E-state index is -5.92. The van der Waals surface area contributed by atoms with Crippen molar-refractivity contribution >= 4 is 17.5 Å². The van der Waals surface area contributed by atoms with E-state index in [4.69, 9.17) is 10.5 Å². The first kappa shape index (κ1) is 29.1. The number of hydrogen-bond donors (Lipinski definition) is 2. The second-order valence-corrected chi connectivity index (χ2v) is 9.23. The van der Waals surface area contributed by atoms with E-state index in [1.807, 2.05) is 4.90 Å². The number of aromatic nitrogens is 2. The monoisotopic (exact) mass is 569 g/mol. The van der Waals surface area contributed by atoms with E-state index in [1.165, 1.54) is 17.4 Å². The Morgan fingerprint density at radius 1 is 0.975 bits per heavy atom. The van der Waals surface area contributed by atoms with Gasteiger partial charge in [-0.15, -0.1) is 0 Å². The molecule has 1 aliphatic heterocycles. The Balaban J connectivity index is 1.32. The summed E-state index contributed by atoms with van der Waals surface area (Å²) >= 11 is 0. The molecule has 1 aromatic heterocycles. The van der Waals surface area contributed by atoms with Crippen LogP contribution < -0.4 is 15.4 Å². The first-order chi connectivity index (χ1) is 18.8. The van der Waals surface area contributed by atoms with Gasteiger partial charge in [0.15, 0.2) is 0 Å². The van der Waals surface area contributed by atoms with Gasteiger partial charge in [-0.3, -0.25) is 4.90 Å². The van der Waals surface area contributed by atoms with Crippen molar-refractivity contribution in [2.45, 2.75) is 43.4 Å². The number of anilines is 2. The number of carbonyl (C=O) groups excluding carboxylic acids is 1. The summed E-state index contributed by atoms with van der Waals surface area (Å²) in [5.41, 5.74) is 0.272. The van der Waals surface area contributed by atoms with E-state index in [0.29, 0.717) is 67.4 Å². The minimum absolute atomic E-state index is 0.118. The van der Waals surface area contributed by atoms with Crippen molar-refractivity contribution in [3.05, 3.63) is 78.2 Å². The minimum Gasteiger partial charge on any atom is -0.490 e. The third-order valence-electron chi connectivity index (χ3n) is 6.55. The van der Waals surface area contributed by atoms with Crippen molar-refractivity contribution < 1.29 is 41.0 Å². The number of benzene rings is 2. The summed E-state index contributed by atoms with van der Waals surface area (Å²) in [6.07, 6.45) is -7.91. The molecule has 40 heavy (non-hydrogen) atoms. The van der Waals surface area contributed by atoms with Crippen molar-refractivity contribution in [1.29, 1.82) is 0 Å². The lowest BCUT2D eigenvalue weighted by atomic mass is 9.91. The molecule has 0 aliphatic carbocycles. The number of halogens is 6. The lowest BCUT2D eigenvalue weighted by Crippen LogP contribution is -2.53. The maximum Gasteiger partial charge on any atom is 0.430 e. The molecule has 1 aliphatic rings. The highest BCUT2D eigenvalue weighted by Gasteiger charge is 2.71. The zero-order valence-corrected chi connectivity index (χ0v) is 20.9. The Morgan fingerprint density at radius 3 is 2.08 bits per heavy atom. The molecule has 2 amide bonds. The van der Waals surface area contributed by atoms with Crippen molar-refractivity contribution in [1.82, 2.24) is 14.9 Å². The number of nitrogens with zero attached hydrogens (tertiary/aromatic N) is 4. The van der Waals surface area contributed by atoms with Crippen LogP contribution in [0.4, 0.5) is 42.6 Å². The van der Waals surface area contributed by atoms with Crippen molar-refractivity contribution in [3.63, 3.8) is 0 Å². The number of aliphatic hydroxyl groups is 1. The van der Waals surface area contributed by atoms with Crippen LogP contribution >= 0.6 is 0 Å². The largest absolute Gasteiger partial charge is 0.490 e. The molecule has 0 saturated carbocycles. The molecule has 0 radical (unpaired) electrons. The van der Waals surface area contributed by atoms with Gasteiger partial charge in [-0.25, -0.2) is 19.7 Å². The SMILES string of the molecule is NC(=O)N(c1ccc(OC2CCN(Cc3ccc(C(O)(C(F)(F)F)C(F)(F)F)cc3)CC2)cc1)c1ccncn1. The molecule has 3 N–H and O–H groups in total. The van der Waals surface area contributed by atoms with Crippen LogP contribution in [-0.2, 0) is 12.1 Å².